The number of hydrogen-bond donors (Lipinski definition) is 2. The van der Waals surface area contributed by atoms with Crippen LogP contribution in [0.4, 0.5) is 5.69 Å². The Morgan fingerprint density at radius 3 is 2.57 bits per heavy atom. The number of carboxylic acids is 1. The highest BCUT2D eigenvalue weighted by Gasteiger charge is 2.31. The summed E-state index contributed by atoms with van der Waals surface area (Å²) in [6.07, 6.45) is 3.95. The van der Waals surface area contributed by atoms with E-state index in [1.807, 2.05) is 6.92 Å². The quantitative estimate of drug-likeness (QED) is 0.858. The molecule has 2 aromatic rings. The predicted octanol–water partition coefficient (Wildman–Crippen LogP) is 2.66. The highest BCUT2D eigenvalue weighted by molar-refractivity contribution is 6.05. The van der Waals surface area contributed by atoms with Gasteiger partial charge < -0.3 is 10.4 Å². The maximum Gasteiger partial charge on any atom is 0.307 e. The van der Waals surface area contributed by atoms with Gasteiger partial charge in [-0.2, -0.15) is 5.10 Å². The Hall–Kier alpha value is -2.63. The second-order valence-corrected chi connectivity index (χ2v) is 5.78. The van der Waals surface area contributed by atoms with Crippen LogP contribution in [0.25, 0.3) is 0 Å². The normalized spacial score (nSPS) is 13.8. The Bertz CT molecular complexity index is 730. The van der Waals surface area contributed by atoms with Gasteiger partial charge in [0.15, 0.2) is 0 Å². The number of rotatable bonds is 6. The summed E-state index contributed by atoms with van der Waals surface area (Å²) in [5.74, 6) is -0.637. The molecule has 0 unspecified atom stereocenters. The third kappa shape index (κ3) is 3.59. The van der Waals surface area contributed by atoms with Crippen LogP contribution in [-0.2, 0) is 17.8 Å². The van der Waals surface area contributed by atoms with Crippen molar-refractivity contribution in [3.63, 3.8) is 0 Å². The standard InChI is InChI=1S/C17H19N3O3/c1-2-20-10-14(16(19-20)12-5-6-12)17(23)18-13-7-3-11(4-8-13)9-15(21)22/h3-4,7-8,10,12H,2,5-6,9H2,1H3,(H,18,23)(H,21,22). The fourth-order valence-corrected chi connectivity index (χ4v) is 2.51. The van der Waals surface area contributed by atoms with E-state index in [0.717, 1.165) is 25.1 Å². The second-order valence-electron chi connectivity index (χ2n) is 5.78. The van der Waals surface area contributed by atoms with Gasteiger partial charge in [0.2, 0.25) is 0 Å². The molecule has 6 nitrogen and oxygen atoms in total. The monoisotopic (exact) mass is 313 g/mol. The van der Waals surface area contributed by atoms with Gasteiger partial charge in [0, 0.05) is 24.3 Å². The van der Waals surface area contributed by atoms with Crippen molar-refractivity contribution in [3.05, 3.63) is 47.3 Å². The summed E-state index contributed by atoms with van der Waals surface area (Å²) in [6, 6.07) is 6.86. The summed E-state index contributed by atoms with van der Waals surface area (Å²) in [7, 11) is 0. The smallest absolute Gasteiger partial charge is 0.307 e. The Morgan fingerprint density at radius 1 is 1.30 bits per heavy atom. The Balaban J connectivity index is 1.74. The van der Waals surface area contributed by atoms with Gasteiger partial charge in [-0.05, 0) is 37.5 Å². The lowest BCUT2D eigenvalue weighted by Gasteiger charge is -2.06. The number of amides is 1. The number of nitrogens with zero attached hydrogens (tertiary/aromatic N) is 2. The number of aryl methyl sites for hydroxylation is 1. The molecule has 6 heteroatoms. The Kier molecular flexibility index (Phi) is 4.14. The summed E-state index contributed by atoms with van der Waals surface area (Å²) >= 11 is 0. The van der Waals surface area contributed by atoms with E-state index in [4.69, 9.17) is 5.11 Å². The van der Waals surface area contributed by atoms with Crippen molar-refractivity contribution in [3.8, 4) is 0 Å². The minimum Gasteiger partial charge on any atom is -0.481 e. The molecule has 0 bridgehead atoms. The average Bonchev–Trinajstić information content (AvgIpc) is 3.27. The fraction of sp³-hybridized carbons (Fsp3) is 0.353. The maximum absolute atomic E-state index is 12.5. The van der Waals surface area contributed by atoms with Crippen molar-refractivity contribution in [1.29, 1.82) is 0 Å². The maximum atomic E-state index is 12.5. The topological polar surface area (TPSA) is 84.2 Å². The summed E-state index contributed by atoms with van der Waals surface area (Å²) in [6.45, 7) is 2.73. The molecule has 1 heterocycles. The van der Waals surface area contributed by atoms with E-state index in [0.29, 0.717) is 22.7 Å². The average molecular weight is 313 g/mol. The zero-order chi connectivity index (χ0) is 16.4. The molecule has 0 radical (unpaired) electrons. The SMILES string of the molecule is CCn1cc(C(=O)Nc2ccc(CC(=O)O)cc2)c(C2CC2)n1. The molecule has 1 aromatic carbocycles. The summed E-state index contributed by atoms with van der Waals surface area (Å²) in [5, 5.41) is 16.1. The van der Waals surface area contributed by atoms with Crippen molar-refractivity contribution in [2.45, 2.75) is 38.6 Å². The molecule has 23 heavy (non-hydrogen) atoms. The van der Waals surface area contributed by atoms with Crippen molar-refractivity contribution in [2.75, 3.05) is 5.32 Å². The lowest BCUT2D eigenvalue weighted by atomic mass is 10.1. The van der Waals surface area contributed by atoms with Crippen LogP contribution in [0.2, 0.25) is 0 Å². The second kappa shape index (κ2) is 6.24. The van der Waals surface area contributed by atoms with Crippen molar-refractivity contribution in [1.82, 2.24) is 9.78 Å². The van der Waals surface area contributed by atoms with E-state index < -0.39 is 5.97 Å². The molecule has 2 N–H and O–H groups in total. The van der Waals surface area contributed by atoms with Crippen molar-refractivity contribution >= 4 is 17.6 Å². The van der Waals surface area contributed by atoms with Crippen LogP contribution in [0.15, 0.2) is 30.5 Å². The molecular formula is C17H19N3O3. The van der Waals surface area contributed by atoms with Gasteiger partial charge >= 0.3 is 5.97 Å². The predicted molar refractivity (Wildman–Crippen MR) is 85.6 cm³/mol. The number of benzene rings is 1. The first kappa shape index (κ1) is 15.3. The zero-order valence-electron chi connectivity index (χ0n) is 13.0. The largest absolute Gasteiger partial charge is 0.481 e. The van der Waals surface area contributed by atoms with Crippen LogP contribution in [0.5, 0.6) is 0 Å². The van der Waals surface area contributed by atoms with Gasteiger partial charge in [-0.3, -0.25) is 14.3 Å². The van der Waals surface area contributed by atoms with E-state index in [1.54, 1.807) is 35.1 Å². The molecular weight excluding hydrogens is 294 g/mol. The van der Waals surface area contributed by atoms with Gasteiger partial charge in [0.1, 0.15) is 0 Å². The first-order valence-corrected chi connectivity index (χ1v) is 7.76. The van der Waals surface area contributed by atoms with Crippen LogP contribution in [0.3, 0.4) is 0 Å². The van der Waals surface area contributed by atoms with E-state index in [9.17, 15) is 9.59 Å². The van der Waals surface area contributed by atoms with Crippen LogP contribution >= 0.6 is 0 Å². The summed E-state index contributed by atoms with van der Waals surface area (Å²) in [4.78, 5) is 23.2. The fourth-order valence-electron chi connectivity index (χ4n) is 2.51. The lowest BCUT2D eigenvalue weighted by Crippen LogP contribution is -2.13. The van der Waals surface area contributed by atoms with Crippen LogP contribution in [0.1, 0.15) is 47.3 Å². The molecule has 1 aromatic heterocycles. The lowest BCUT2D eigenvalue weighted by molar-refractivity contribution is -0.136. The number of hydrogen-bond acceptors (Lipinski definition) is 3. The number of anilines is 1. The van der Waals surface area contributed by atoms with Gasteiger partial charge in [-0.1, -0.05) is 12.1 Å². The van der Waals surface area contributed by atoms with Crippen LogP contribution in [0, 0.1) is 0 Å². The molecule has 3 rings (SSSR count). The molecule has 1 amide bonds. The highest BCUT2D eigenvalue weighted by atomic mass is 16.4. The van der Waals surface area contributed by atoms with Gasteiger partial charge in [-0.15, -0.1) is 0 Å². The number of nitrogens with one attached hydrogen (secondary N) is 1. The van der Waals surface area contributed by atoms with Gasteiger partial charge in [0.25, 0.3) is 5.91 Å². The molecule has 0 aliphatic heterocycles. The first-order valence-electron chi connectivity index (χ1n) is 7.76. The number of carboxylic acid groups (broad SMARTS) is 1. The molecule has 120 valence electrons. The third-order valence-electron chi connectivity index (χ3n) is 3.89. The Labute approximate surface area is 134 Å². The number of aromatic nitrogens is 2. The minimum absolute atomic E-state index is 0.0245. The molecule has 0 spiro atoms. The molecule has 0 saturated heterocycles. The zero-order valence-corrected chi connectivity index (χ0v) is 13.0. The molecule has 0 atom stereocenters. The Morgan fingerprint density at radius 2 is 2.00 bits per heavy atom. The third-order valence-corrected chi connectivity index (χ3v) is 3.89. The number of carbonyl (C=O) groups is 2. The van der Waals surface area contributed by atoms with E-state index in [1.165, 1.54) is 0 Å². The van der Waals surface area contributed by atoms with Crippen LogP contribution in [-0.4, -0.2) is 26.8 Å². The van der Waals surface area contributed by atoms with E-state index in [2.05, 4.69) is 10.4 Å². The van der Waals surface area contributed by atoms with E-state index in [-0.39, 0.29) is 12.3 Å². The van der Waals surface area contributed by atoms with Gasteiger partial charge in [-0.25, -0.2) is 0 Å². The van der Waals surface area contributed by atoms with Crippen molar-refractivity contribution in [2.24, 2.45) is 0 Å². The number of aliphatic carboxylic acids is 1. The van der Waals surface area contributed by atoms with E-state index >= 15 is 0 Å². The summed E-state index contributed by atoms with van der Waals surface area (Å²) < 4.78 is 1.79. The minimum atomic E-state index is -0.872. The van der Waals surface area contributed by atoms with Crippen LogP contribution < -0.4 is 5.32 Å². The highest BCUT2D eigenvalue weighted by Crippen LogP contribution is 2.40. The van der Waals surface area contributed by atoms with Gasteiger partial charge in [0.05, 0.1) is 17.7 Å². The molecule has 1 aliphatic carbocycles. The summed E-state index contributed by atoms with van der Waals surface area (Å²) in [5.41, 5.74) is 2.86. The number of carbonyl (C=O) groups excluding carboxylic acids is 1. The first-order chi connectivity index (χ1) is 11.1. The molecule has 1 saturated carbocycles. The molecule has 1 aliphatic rings. The molecule has 1 fully saturated rings. The van der Waals surface area contributed by atoms with Crippen molar-refractivity contribution < 1.29 is 14.7 Å².